The smallest absolute Gasteiger partial charge is 0.477 e. The van der Waals surface area contributed by atoms with Crippen LogP contribution in [0.4, 0.5) is 18.0 Å². The first-order valence-corrected chi connectivity index (χ1v) is 12.8. The lowest BCUT2D eigenvalue weighted by Crippen LogP contribution is -2.68. The zero-order valence-corrected chi connectivity index (χ0v) is 21.4. The molecule has 0 aromatic heterocycles. The van der Waals surface area contributed by atoms with Crippen molar-refractivity contribution in [3.05, 3.63) is 35.6 Å². The zero-order chi connectivity index (χ0) is 29.1. The predicted molar refractivity (Wildman–Crippen MR) is 130 cm³/mol. The Labute approximate surface area is 224 Å². The number of amides is 3. The maximum absolute atomic E-state index is 13.1. The molecule has 0 unspecified atom stereocenters. The van der Waals surface area contributed by atoms with Gasteiger partial charge >= 0.3 is 24.2 Å². The lowest BCUT2D eigenvalue weighted by molar-refractivity contribution is -0.192. The van der Waals surface area contributed by atoms with Crippen molar-refractivity contribution < 1.29 is 52.1 Å². The Bertz CT molecular complexity index is 1120. The normalized spacial score (nSPS) is 24.6. The van der Waals surface area contributed by atoms with Gasteiger partial charge in [0.2, 0.25) is 11.8 Å². The summed E-state index contributed by atoms with van der Waals surface area (Å²) in [6.07, 6.45) is -0.486. The first kappa shape index (κ1) is 30.0. The van der Waals surface area contributed by atoms with E-state index in [1.165, 1.54) is 22.7 Å². The van der Waals surface area contributed by atoms with Crippen LogP contribution in [0.1, 0.15) is 19.3 Å². The summed E-state index contributed by atoms with van der Waals surface area (Å²) >= 11 is 1.41. The number of fused-ring (bicyclic) bond motifs is 1. The Balaban J connectivity index is 0.000000532. The fraction of sp³-hybridized carbons (Fsp3) is 0.522. The first-order chi connectivity index (χ1) is 18.3. The topological polar surface area (TPSA) is 171 Å². The van der Waals surface area contributed by atoms with Crippen molar-refractivity contribution in [3.63, 3.8) is 0 Å². The molecule has 0 aliphatic carbocycles. The van der Waals surface area contributed by atoms with Crippen molar-refractivity contribution in [3.8, 4) is 0 Å². The average Bonchev–Trinajstić information content (AvgIpc) is 3.25. The molecule has 0 aromatic carbocycles. The second kappa shape index (κ2) is 12.1. The molecule has 0 spiro atoms. The van der Waals surface area contributed by atoms with E-state index in [0.717, 1.165) is 0 Å². The van der Waals surface area contributed by atoms with E-state index in [1.54, 1.807) is 11.0 Å². The Morgan fingerprint density at radius 2 is 1.77 bits per heavy atom. The Morgan fingerprint density at radius 1 is 1.15 bits per heavy atom. The second-order valence-electron chi connectivity index (χ2n) is 8.92. The van der Waals surface area contributed by atoms with Gasteiger partial charge < -0.3 is 30.5 Å². The van der Waals surface area contributed by atoms with Crippen molar-refractivity contribution in [2.45, 2.75) is 42.9 Å². The van der Waals surface area contributed by atoms with Gasteiger partial charge in [-0.15, -0.1) is 11.8 Å². The van der Waals surface area contributed by atoms with Crippen molar-refractivity contribution >= 4 is 41.6 Å². The third-order valence-corrected chi connectivity index (χ3v) is 7.80. The van der Waals surface area contributed by atoms with Crippen molar-refractivity contribution in [1.82, 2.24) is 14.7 Å². The first-order valence-electron chi connectivity index (χ1n) is 11.8. The number of alkyl halides is 3. The number of allylic oxidation sites excluding steroid dienone is 1. The zero-order valence-electron chi connectivity index (χ0n) is 20.6. The monoisotopic (exact) mass is 576 g/mol. The van der Waals surface area contributed by atoms with Crippen molar-refractivity contribution in [2.24, 2.45) is 5.73 Å². The molecule has 0 saturated carbocycles. The molecule has 3 amide bonds. The van der Waals surface area contributed by atoms with E-state index >= 15 is 0 Å². The van der Waals surface area contributed by atoms with Crippen LogP contribution in [0.25, 0.3) is 0 Å². The average molecular weight is 577 g/mol. The van der Waals surface area contributed by atoms with Gasteiger partial charge in [-0.2, -0.15) is 13.2 Å². The number of carboxylic acids is 2. The summed E-state index contributed by atoms with van der Waals surface area (Å²) < 4.78 is 36.8. The Kier molecular flexibility index (Phi) is 9.32. The molecule has 4 rings (SSSR count). The number of carbonyl (C=O) groups excluding carboxylic acids is 3. The Morgan fingerprint density at radius 3 is 2.31 bits per heavy atom. The number of rotatable bonds is 5. The minimum Gasteiger partial charge on any atom is -0.477 e. The van der Waals surface area contributed by atoms with Crippen LogP contribution in [-0.4, -0.2) is 110 Å². The molecule has 0 radical (unpaired) electrons. The van der Waals surface area contributed by atoms with Gasteiger partial charge in [-0.1, -0.05) is 12.7 Å². The van der Waals surface area contributed by atoms with Gasteiger partial charge in [0.25, 0.3) is 0 Å². The number of β-lactam (4-membered cyclic amide) rings is 1. The number of aliphatic carboxylic acids is 2. The number of nitrogens with two attached hydrogens (primary N) is 1. The molecule has 0 bridgehead atoms. The third-order valence-electron chi connectivity index (χ3n) is 6.48. The fourth-order valence-electron chi connectivity index (χ4n) is 4.56. The number of thioether (sulfide) groups is 1. The number of likely N-dealkylation sites (tertiary alicyclic amines) is 2. The van der Waals surface area contributed by atoms with Crippen molar-refractivity contribution in [2.75, 3.05) is 32.0 Å². The highest BCUT2D eigenvalue weighted by atomic mass is 32.2. The van der Waals surface area contributed by atoms with Crippen LogP contribution in [-0.2, 0) is 23.9 Å². The number of piperidine rings is 1. The van der Waals surface area contributed by atoms with Gasteiger partial charge in [0.1, 0.15) is 23.7 Å². The molecule has 3 fully saturated rings. The third kappa shape index (κ3) is 6.55. The summed E-state index contributed by atoms with van der Waals surface area (Å²) in [6, 6.07) is -0.670. The van der Waals surface area contributed by atoms with Gasteiger partial charge in [-0.25, -0.2) is 14.4 Å². The second-order valence-corrected chi connectivity index (χ2v) is 10.0. The quantitative estimate of drug-likeness (QED) is 0.245. The largest absolute Gasteiger partial charge is 0.490 e. The maximum Gasteiger partial charge on any atom is 0.490 e. The van der Waals surface area contributed by atoms with Crippen LogP contribution in [0.15, 0.2) is 35.6 Å². The molecule has 39 heavy (non-hydrogen) atoms. The molecule has 2 atom stereocenters. The summed E-state index contributed by atoms with van der Waals surface area (Å²) in [5, 5.41) is 16.4. The Hall–Kier alpha value is -3.53. The van der Waals surface area contributed by atoms with Crippen LogP contribution in [0, 0.1) is 0 Å². The molecule has 214 valence electrons. The molecule has 4 aliphatic rings. The van der Waals surface area contributed by atoms with Crippen LogP contribution in [0.2, 0.25) is 0 Å². The molecule has 16 heteroatoms. The summed E-state index contributed by atoms with van der Waals surface area (Å²) in [7, 11) is 0. The minimum absolute atomic E-state index is 0.0184. The van der Waals surface area contributed by atoms with Crippen LogP contribution in [0.3, 0.4) is 0 Å². The number of carboxylic acid groups (broad SMARTS) is 2. The van der Waals surface area contributed by atoms with Crippen LogP contribution in [0.5, 0.6) is 0 Å². The number of hydrogen-bond donors (Lipinski definition) is 3. The maximum atomic E-state index is 13.1. The number of nitrogens with zero attached hydrogens (tertiary/aromatic N) is 3. The molecule has 0 aromatic rings. The number of ether oxygens (including phenoxy) is 1. The highest BCUT2D eigenvalue weighted by molar-refractivity contribution is 8.00. The number of hydrogen-bond acceptors (Lipinski definition) is 8. The van der Waals surface area contributed by atoms with Gasteiger partial charge in [0, 0.05) is 37.0 Å². The predicted octanol–water partition coefficient (Wildman–Crippen LogP) is 1.15. The van der Waals surface area contributed by atoms with Gasteiger partial charge in [-0.3, -0.25) is 14.5 Å². The molecule has 4 N–H and O–H groups in total. The highest BCUT2D eigenvalue weighted by Crippen LogP contribution is 2.40. The molecule has 4 heterocycles. The highest BCUT2D eigenvalue weighted by Gasteiger charge is 2.51. The van der Waals surface area contributed by atoms with E-state index < -0.39 is 30.1 Å². The van der Waals surface area contributed by atoms with Crippen LogP contribution >= 0.6 is 11.8 Å². The summed E-state index contributed by atoms with van der Waals surface area (Å²) in [6.45, 7) is 5.26. The number of carbonyl (C=O) groups is 5. The fourth-order valence-corrected chi connectivity index (χ4v) is 5.81. The van der Waals surface area contributed by atoms with E-state index in [0.29, 0.717) is 55.8 Å². The molecule has 12 nitrogen and oxygen atoms in total. The molecule has 4 aliphatic heterocycles. The summed E-state index contributed by atoms with van der Waals surface area (Å²) in [4.78, 5) is 62.5. The summed E-state index contributed by atoms with van der Waals surface area (Å²) in [5.41, 5.74) is 6.71. The van der Waals surface area contributed by atoms with E-state index in [1.807, 2.05) is 4.90 Å². The van der Waals surface area contributed by atoms with Crippen molar-refractivity contribution in [1.29, 1.82) is 0 Å². The summed E-state index contributed by atoms with van der Waals surface area (Å²) in [5.74, 6) is -4.10. The molecular weight excluding hydrogens is 549 g/mol. The van der Waals surface area contributed by atoms with E-state index in [-0.39, 0.29) is 35.7 Å². The van der Waals surface area contributed by atoms with E-state index in [2.05, 4.69) is 6.58 Å². The lowest BCUT2D eigenvalue weighted by Gasteiger charge is -2.47. The van der Waals surface area contributed by atoms with Gasteiger partial charge in [0.15, 0.2) is 0 Å². The number of halogens is 3. The van der Waals surface area contributed by atoms with Gasteiger partial charge in [-0.05, 0) is 30.9 Å². The van der Waals surface area contributed by atoms with Gasteiger partial charge in [0.05, 0.1) is 0 Å². The minimum atomic E-state index is -5.08. The standard InChI is InChI=1S/C21H26N4O6S.C2HF3O2/c1-2-9-31-21(30)23-6-4-14(5-7-23)24-8-3-12(17(24)26)10-13-11-32-19-15(22)18(27)25(19)16(13)20(28)29;3-2(4,5)1(6)7/h2,10,14-15,19H,1,3-9,11,22H2,(H,28,29);(H,6,7)/b12-10+;/t15-,19-;/m1./s1. The molecule has 3 saturated heterocycles. The molecular formula is C23H27F3N4O8S. The van der Waals surface area contributed by atoms with Crippen LogP contribution < -0.4 is 5.73 Å². The van der Waals surface area contributed by atoms with E-state index in [4.69, 9.17) is 20.4 Å². The van der Waals surface area contributed by atoms with E-state index in [9.17, 15) is 37.5 Å². The SMILES string of the molecule is C=CCOC(=O)N1CCC(N2CC/C(=C\C3=C(C(=O)O)N4C(=O)[C@@H](N)[C@H]4SC3)C2=O)CC1.O=C(O)C(F)(F)F. The lowest BCUT2D eigenvalue weighted by atomic mass is 10.0.